The molecule has 9 rings (SSSR count). The minimum Gasteiger partial charge on any atom is -0.504 e. The SMILES string of the molecule is C[C@@H]1CN(CC2CCN(c3ccc4c(c3)C(=O)N([C@H]3CCC(=O)NC3=O)C4)CC2)[C@@H](C)CN1C(=O)N1CCN2c3cc(-c4cccc(F)c4O)nnc3NC[C@@]2(C)C1. The van der Waals surface area contributed by atoms with Gasteiger partial charge in [0.05, 0.1) is 16.9 Å². The van der Waals surface area contributed by atoms with Crippen LogP contribution < -0.4 is 20.4 Å². The van der Waals surface area contributed by atoms with Gasteiger partial charge in [-0.05, 0) is 81.8 Å². The second kappa shape index (κ2) is 14.7. The summed E-state index contributed by atoms with van der Waals surface area (Å²) in [5.74, 6) is -0.851. The normalized spacial score (nSPS) is 26.6. The number of hydrogen-bond acceptors (Lipinski definition) is 11. The molecule has 6 aliphatic rings. The van der Waals surface area contributed by atoms with Gasteiger partial charge >= 0.3 is 6.03 Å². The molecule has 15 nitrogen and oxygen atoms in total. The minimum atomic E-state index is -0.714. The van der Waals surface area contributed by atoms with E-state index in [1.165, 1.54) is 12.1 Å². The molecule has 0 aliphatic carbocycles. The van der Waals surface area contributed by atoms with Crippen LogP contribution in [0, 0.1) is 11.7 Å². The van der Waals surface area contributed by atoms with Crippen LogP contribution in [0.15, 0.2) is 42.5 Å². The molecule has 4 atom stereocenters. The third-order valence-electron chi connectivity index (χ3n) is 13.4. The van der Waals surface area contributed by atoms with E-state index in [2.05, 4.69) is 62.4 Å². The minimum absolute atomic E-state index is 0.0558. The molecule has 6 aliphatic heterocycles. The fourth-order valence-electron chi connectivity index (χ4n) is 9.98. The Labute approximate surface area is 337 Å². The van der Waals surface area contributed by atoms with Gasteiger partial charge in [0.25, 0.3) is 5.91 Å². The number of carbonyl (C=O) groups excluding carboxylic acids is 4. The number of rotatable bonds is 5. The summed E-state index contributed by atoms with van der Waals surface area (Å²) in [6, 6.07) is 12.0. The Hall–Kier alpha value is -5.51. The van der Waals surface area contributed by atoms with Gasteiger partial charge in [0.2, 0.25) is 11.8 Å². The molecule has 3 aromatic rings. The van der Waals surface area contributed by atoms with Gasteiger partial charge in [0.1, 0.15) is 6.04 Å². The average molecular weight is 795 g/mol. The molecule has 0 radical (unpaired) electrons. The number of hydrogen-bond donors (Lipinski definition) is 3. The first-order valence-electron chi connectivity index (χ1n) is 20.6. The highest BCUT2D eigenvalue weighted by atomic mass is 19.1. The molecule has 58 heavy (non-hydrogen) atoms. The lowest BCUT2D eigenvalue weighted by Crippen LogP contribution is -2.69. The number of benzene rings is 2. The van der Waals surface area contributed by atoms with Crippen LogP contribution in [0.25, 0.3) is 11.3 Å². The number of aromatic hydroxyl groups is 1. The highest BCUT2D eigenvalue weighted by Crippen LogP contribution is 2.41. The first-order chi connectivity index (χ1) is 27.9. The van der Waals surface area contributed by atoms with E-state index < -0.39 is 29.1 Å². The Morgan fingerprint density at radius 3 is 2.57 bits per heavy atom. The Bertz CT molecular complexity index is 2160. The van der Waals surface area contributed by atoms with Crippen molar-refractivity contribution in [2.45, 2.75) is 76.7 Å². The van der Waals surface area contributed by atoms with E-state index in [0.29, 0.717) is 68.7 Å². The van der Waals surface area contributed by atoms with E-state index in [-0.39, 0.29) is 41.9 Å². The second-order valence-corrected chi connectivity index (χ2v) is 17.3. The number of urea groups is 1. The number of phenols is 1. The Morgan fingerprint density at radius 1 is 0.966 bits per heavy atom. The van der Waals surface area contributed by atoms with Crippen LogP contribution in [0.5, 0.6) is 5.75 Å². The van der Waals surface area contributed by atoms with Gasteiger partial charge in [0, 0.05) is 101 Å². The predicted molar refractivity (Wildman–Crippen MR) is 215 cm³/mol. The summed E-state index contributed by atoms with van der Waals surface area (Å²) in [6.45, 7) is 13.4. The maximum Gasteiger partial charge on any atom is 0.320 e. The van der Waals surface area contributed by atoms with Crippen molar-refractivity contribution < 1.29 is 28.7 Å². The highest BCUT2D eigenvalue weighted by molar-refractivity contribution is 6.05. The molecule has 7 heterocycles. The van der Waals surface area contributed by atoms with Crippen molar-refractivity contribution in [1.29, 1.82) is 0 Å². The van der Waals surface area contributed by atoms with E-state index in [1.54, 1.807) is 11.0 Å². The van der Waals surface area contributed by atoms with E-state index in [9.17, 15) is 28.7 Å². The first kappa shape index (κ1) is 38.0. The zero-order valence-electron chi connectivity index (χ0n) is 33.3. The Balaban J connectivity index is 0.782. The van der Waals surface area contributed by atoms with Crippen LogP contribution in [0.1, 0.15) is 62.4 Å². The van der Waals surface area contributed by atoms with Crippen LogP contribution in [-0.2, 0) is 16.1 Å². The zero-order chi connectivity index (χ0) is 40.5. The average Bonchev–Trinajstić information content (AvgIpc) is 3.54. The van der Waals surface area contributed by atoms with Crippen molar-refractivity contribution in [2.75, 3.05) is 74.0 Å². The third kappa shape index (κ3) is 6.74. The van der Waals surface area contributed by atoms with Crippen molar-refractivity contribution in [1.82, 2.24) is 35.1 Å². The van der Waals surface area contributed by atoms with Crippen molar-refractivity contribution in [2.24, 2.45) is 5.92 Å². The quantitative estimate of drug-likeness (QED) is 0.325. The number of carbonyl (C=O) groups is 4. The monoisotopic (exact) mass is 794 g/mol. The van der Waals surface area contributed by atoms with Crippen LogP contribution in [-0.4, -0.2) is 141 Å². The van der Waals surface area contributed by atoms with Crippen molar-refractivity contribution in [3.63, 3.8) is 0 Å². The predicted octanol–water partition coefficient (Wildman–Crippen LogP) is 3.49. The smallest absolute Gasteiger partial charge is 0.320 e. The lowest BCUT2D eigenvalue weighted by molar-refractivity contribution is -0.136. The summed E-state index contributed by atoms with van der Waals surface area (Å²) >= 11 is 0. The topological polar surface area (TPSA) is 158 Å². The van der Waals surface area contributed by atoms with Gasteiger partial charge in [-0.2, -0.15) is 0 Å². The van der Waals surface area contributed by atoms with E-state index in [0.717, 1.165) is 56.0 Å². The Morgan fingerprint density at radius 2 is 1.78 bits per heavy atom. The summed E-state index contributed by atoms with van der Waals surface area (Å²) < 4.78 is 14.2. The lowest BCUT2D eigenvalue weighted by Gasteiger charge is -2.54. The summed E-state index contributed by atoms with van der Waals surface area (Å²) in [7, 11) is 0. The number of halogens is 1. The summed E-state index contributed by atoms with van der Waals surface area (Å²) in [4.78, 5) is 64.5. The van der Waals surface area contributed by atoms with Crippen molar-refractivity contribution >= 4 is 40.9 Å². The molecule has 3 N–H and O–H groups in total. The summed E-state index contributed by atoms with van der Waals surface area (Å²) in [6.07, 6.45) is 2.66. The maximum atomic E-state index is 14.2. The van der Waals surface area contributed by atoms with Crippen LogP contribution in [0.3, 0.4) is 0 Å². The zero-order valence-corrected chi connectivity index (χ0v) is 33.3. The fourth-order valence-corrected chi connectivity index (χ4v) is 9.98. The second-order valence-electron chi connectivity index (χ2n) is 17.3. The summed E-state index contributed by atoms with van der Waals surface area (Å²) in [5.41, 5.74) is 3.64. The van der Waals surface area contributed by atoms with E-state index >= 15 is 0 Å². The number of phenolic OH excluding ortho intramolecular Hbond substituents is 1. The van der Waals surface area contributed by atoms with Gasteiger partial charge in [-0.15, -0.1) is 10.2 Å². The van der Waals surface area contributed by atoms with Crippen LogP contribution in [0.4, 0.5) is 26.4 Å². The van der Waals surface area contributed by atoms with Crippen molar-refractivity contribution in [3.8, 4) is 17.0 Å². The van der Waals surface area contributed by atoms with E-state index in [4.69, 9.17) is 0 Å². The van der Waals surface area contributed by atoms with Gasteiger partial charge < -0.3 is 34.9 Å². The fraction of sp³-hybridized carbons (Fsp3) is 0.524. The molecule has 0 spiro atoms. The van der Waals surface area contributed by atoms with Crippen LogP contribution >= 0.6 is 0 Å². The molecule has 5 amide bonds. The number of aromatic nitrogens is 2. The number of para-hydroxylation sites is 1. The highest BCUT2D eigenvalue weighted by Gasteiger charge is 2.46. The molecule has 0 bridgehead atoms. The molecule has 2 aromatic carbocycles. The molecular weight excluding hydrogens is 744 g/mol. The number of anilines is 3. The van der Waals surface area contributed by atoms with Gasteiger partial charge in [-0.25, -0.2) is 9.18 Å². The maximum absolute atomic E-state index is 14.2. The van der Waals surface area contributed by atoms with Crippen molar-refractivity contribution in [3.05, 3.63) is 59.4 Å². The molecule has 306 valence electrons. The molecular formula is C42H51FN10O5. The van der Waals surface area contributed by atoms with E-state index in [1.807, 2.05) is 28.0 Å². The number of nitrogens with zero attached hydrogens (tertiary/aromatic N) is 8. The number of nitrogens with one attached hydrogen (secondary N) is 2. The lowest BCUT2D eigenvalue weighted by atomic mass is 9.92. The Kier molecular flexibility index (Phi) is 9.64. The molecule has 0 saturated carbocycles. The number of piperidine rings is 2. The third-order valence-corrected chi connectivity index (χ3v) is 13.4. The van der Waals surface area contributed by atoms with Crippen LogP contribution in [0.2, 0.25) is 0 Å². The number of amides is 5. The van der Waals surface area contributed by atoms with Gasteiger partial charge in [-0.3, -0.25) is 24.6 Å². The largest absolute Gasteiger partial charge is 0.504 e. The number of fused-ring (bicyclic) bond motifs is 4. The standard InChI is InChI=1S/C42H51FN10O5/c1-25-20-51(41(58)49-15-16-53-35-18-33(30-5-4-6-32(43)37(30)55)46-47-38(35)44-23-42(53,3)24-49)26(2)19-50(25)21-27-11-13-48(14-12-27)29-8-7-28-22-52(40(57)31(28)17-29)34-9-10-36(54)45-39(34)56/h4-8,17-18,25-27,34,55H,9-16,19-24H2,1-3H3,(H,44,47)(H,45,54,56)/t25-,26+,34-,42-/m0/s1. The summed E-state index contributed by atoms with van der Waals surface area (Å²) in [5, 5.41) is 24.8. The molecule has 4 saturated heterocycles. The first-order valence-corrected chi connectivity index (χ1v) is 20.6. The molecule has 0 unspecified atom stereocenters. The number of imide groups is 1. The van der Waals surface area contributed by atoms with Gasteiger partial charge in [0.15, 0.2) is 17.4 Å². The molecule has 1 aromatic heterocycles. The number of piperazine rings is 2. The molecule has 16 heteroatoms. The molecule has 4 fully saturated rings. The van der Waals surface area contributed by atoms with Gasteiger partial charge in [-0.1, -0.05) is 12.1 Å².